The molecule has 5 nitrogen and oxygen atoms in total. The van der Waals surface area contributed by atoms with Gasteiger partial charge in [-0.05, 0) is 42.1 Å². The molecule has 0 unspecified atom stereocenters. The molecule has 8 heteroatoms. The molecule has 0 aliphatic carbocycles. The highest BCUT2D eigenvalue weighted by molar-refractivity contribution is 8.18. The van der Waals surface area contributed by atoms with E-state index < -0.39 is 11.1 Å². The largest absolute Gasteiger partial charge is 0.290 e. The molecule has 2 amide bonds. The summed E-state index contributed by atoms with van der Waals surface area (Å²) in [5.41, 5.74) is 1.85. The summed E-state index contributed by atoms with van der Waals surface area (Å²) in [6.07, 6.45) is 1.49. The topological polar surface area (TPSA) is 82.9 Å². The molecule has 1 aromatic carbocycles. The number of hydrogen-bond acceptors (Lipinski definition) is 5. The number of imide groups is 1. The smallest absolute Gasteiger partial charge is 0.282 e. The van der Waals surface area contributed by atoms with Gasteiger partial charge < -0.3 is 0 Å². The molecule has 0 atom stereocenters. The van der Waals surface area contributed by atoms with Gasteiger partial charge >= 0.3 is 0 Å². The first-order valence-corrected chi connectivity index (χ1v) is 8.16. The van der Waals surface area contributed by atoms with Crippen molar-refractivity contribution in [1.29, 1.82) is 5.26 Å². The van der Waals surface area contributed by atoms with Crippen molar-refractivity contribution in [3.63, 3.8) is 0 Å². The number of rotatable bonds is 2. The van der Waals surface area contributed by atoms with E-state index in [0.29, 0.717) is 32.6 Å². The van der Waals surface area contributed by atoms with Crippen molar-refractivity contribution in [2.75, 3.05) is 0 Å². The Balaban J connectivity index is 2.08. The van der Waals surface area contributed by atoms with Gasteiger partial charge in [0.15, 0.2) is 0 Å². The standard InChI is InChI=1S/C16H7Cl2N3O2S/c17-11-4-2-8(5-12(11)18)14-9(7-19)1-3-10(20-14)6-13-15(22)21-16(23)24-13/h1-6H,(H,21,22,23)/b13-6-. The molecule has 0 bridgehead atoms. The number of aromatic nitrogens is 1. The maximum atomic E-state index is 11.6. The van der Waals surface area contributed by atoms with Crippen LogP contribution >= 0.6 is 35.0 Å². The van der Waals surface area contributed by atoms with Crippen LogP contribution < -0.4 is 5.32 Å². The van der Waals surface area contributed by atoms with Crippen LogP contribution in [0.5, 0.6) is 0 Å². The summed E-state index contributed by atoms with van der Waals surface area (Å²) in [4.78, 5) is 27.5. The second kappa shape index (κ2) is 6.65. The molecule has 1 saturated heterocycles. The Bertz CT molecular complexity index is 951. The van der Waals surface area contributed by atoms with Gasteiger partial charge in [0, 0.05) is 5.56 Å². The van der Waals surface area contributed by atoms with Crippen LogP contribution in [0, 0.1) is 11.3 Å². The van der Waals surface area contributed by atoms with Crippen molar-refractivity contribution in [3.8, 4) is 17.3 Å². The summed E-state index contributed by atoms with van der Waals surface area (Å²) in [5, 5.41) is 11.8. The highest BCUT2D eigenvalue weighted by Crippen LogP contribution is 2.30. The number of thioether (sulfide) groups is 1. The normalized spacial score (nSPS) is 15.5. The summed E-state index contributed by atoms with van der Waals surface area (Å²) in [6, 6.07) is 10.2. The zero-order chi connectivity index (χ0) is 17.3. The number of carbonyl (C=O) groups is 2. The molecule has 118 valence electrons. The van der Waals surface area contributed by atoms with Crippen LogP contribution in [0.1, 0.15) is 11.3 Å². The fourth-order valence-electron chi connectivity index (χ4n) is 2.06. The summed E-state index contributed by atoms with van der Waals surface area (Å²) in [6.45, 7) is 0. The zero-order valence-corrected chi connectivity index (χ0v) is 14.2. The fraction of sp³-hybridized carbons (Fsp3) is 0. The predicted molar refractivity (Wildman–Crippen MR) is 93.5 cm³/mol. The number of nitriles is 1. The van der Waals surface area contributed by atoms with Crippen LogP contribution in [0.25, 0.3) is 17.3 Å². The summed E-state index contributed by atoms with van der Waals surface area (Å²) < 4.78 is 0. The minimum Gasteiger partial charge on any atom is -0.282 e. The van der Waals surface area contributed by atoms with E-state index in [-0.39, 0.29) is 4.91 Å². The van der Waals surface area contributed by atoms with Crippen molar-refractivity contribution in [2.24, 2.45) is 0 Å². The van der Waals surface area contributed by atoms with Gasteiger partial charge in [-0.2, -0.15) is 5.26 Å². The van der Waals surface area contributed by atoms with Gasteiger partial charge in [-0.3, -0.25) is 14.9 Å². The quantitative estimate of drug-likeness (QED) is 0.793. The third kappa shape index (κ3) is 3.29. The number of amides is 2. The monoisotopic (exact) mass is 375 g/mol. The third-order valence-corrected chi connectivity index (χ3v) is 4.70. The van der Waals surface area contributed by atoms with Gasteiger partial charge in [0.05, 0.1) is 31.9 Å². The van der Waals surface area contributed by atoms with Crippen LogP contribution in [-0.4, -0.2) is 16.1 Å². The Morgan fingerprint density at radius 2 is 1.96 bits per heavy atom. The lowest BCUT2D eigenvalue weighted by molar-refractivity contribution is -0.115. The summed E-state index contributed by atoms with van der Waals surface area (Å²) in [5.74, 6) is -0.466. The molecule has 0 saturated carbocycles. The Hall–Kier alpha value is -2.33. The molecule has 1 aromatic heterocycles. The minimum atomic E-state index is -0.466. The molecule has 1 aliphatic heterocycles. The van der Waals surface area contributed by atoms with Crippen molar-refractivity contribution >= 4 is 52.2 Å². The molecule has 1 fully saturated rings. The zero-order valence-electron chi connectivity index (χ0n) is 11.8. The molecule has 1 N–H and O–H groups in total. The Labute approximate surface area is 151 Å². The second-order valence-electron chi connectivity index (χ2n) is 4.73. The van der Waals surface area contributed by atoms with Gasteiger partial charge in [0.25, 0.3) is 11.1 Å². The van der Waals surface area contributed by atoms with E-state index in [0.717, 1.165) is 11.8 Å². The van der Waals surface area contributed by atoms with Gasteiger partial charge in [0.1, 0.15) is 6.07 Å². The van der Waals surface area contributed by atoms with Gasteiger partial charge in [-0.25, -0.2) is 4.98 Å². The van der Waals surface area contributed by atoms with Gasteiger partial charge in [-0.1, -0.05) is 29.3 Å². The fourth-order valence-corrected chi connectivity index (χ4v) is 3.03. The average molecular weight is 376 g/mol. The number of hydrogen-bond donors (Lipinski definition) is 1. The maximum Gasteiger partial charge on any atom is 0.290 e. The van der Waals surface area contributed by atoms with E-state index in [1.165, 1.54) is 6.08 Å². The molecule has 1 aliphatic rings. The van der Waals surface area contributed by atoms with E-state index in [1.807, 2.05) is 0 Å². The molecule has 2 aromatic rings. The number of carbonyl (C=O) groups excluding carboxylic acids is 2. The number of benzene rings is 1. The number of pyridine rings is 1. The van der Waals surface area contributed by atoms with Crippen LogP contribution in [0.15, 0.2) is 35.2 Å². The first kappa shape index (κ1) is 16.5. The average Bonchev–Trinajstić information content (AvgIpc) is 2.87. The first-order chi connectivity index (χ1) is 11.5. The maximum absolute atomic E-state index is 11.6. The van der Waals surface area contributed by atoms with Gasteiger partial charge in [-0.15, -0.1) is 0 Å². The highest BCUT2D eigenvalue weighted by Gasteiger charge is 2.25. The lowest BCUT2D eigenvalue weighted by atomic mass is 10.1. The molecule has 0 radical (unpaired) electrons. The lowest BCUT2D eigenvalue weighted by Crippen LogP contribution is -2.17. The lowest BCUT2D eigenvalue weighted by Gasteiger charge is -2.06. The second-order valence-corrected chi connectivity index (χ2v) is 6.55. The molecule has 0 spiro atoms. The van der Waals surface area contributed by atoms with Crippen molar-refractivity contribution in [3.05, 3.63) is 56.5 Å². The molecule has 3 rings (SSSR count). The number of halogens is 2. The predicted octanol–water partition coefficient (Wildman–Crippen LogP) is 4.25. The first-order valence-electron chi connectivity index (χ1n) is 6.59. The Morgan fingerprint density at radius 3 is 2.58 bits per heavy atom. The highest BCUT2D eigenvalue weighted by atomic mass is 35.5. The number of nitrogens with one attached hydrogen (secondary N) is 1. The Morgan fingerprint density at radius 1 is 1.17 bits per heavy atom. The SMILES string of the molecule is N#Cc1ccc(/C=C2\SC(=O)NC2=O)nc1-c1ccc(Cl)c(Cl)c1. The van der Waals surface area contributed by atoms with Crippen molar-refractivity contribution in [2.45, 2.75) is 0 Å². The van der Waals surface area contributed by atoms with Gasteiger partial charge in [0.2, 0.25) is 0 Å². The molecule has 2 heterocycles. The van der Waals surface area contributed by atoms with E-state index in [2.05, 4.69) is 16.4 Å². The molecular weight excluding hydrogens is 369 g/mol. The minimum absolute atomic E-state index is 0.247. The van der Waals surface area contributed by atoms with E-state index in [4.69, 9.17) is 23.2 Å². The summed E-state index contributed by atoms with van der Waals surface area (Å²) >= 11 is 12.7. The van der Waals surface area contributed by atoms with E-state index in [9.17, 15) is 14.9 Å². The molecule has 24 heavy (non-hydrogen) atoms. The Kier molecular flexibility index (Phi) is 4.58. The van der Waals surface area contributed by atoms with Crippen molar-refractivity contribution < 1.29 is 9.59 Å². The van der Waals surface area contributed by atoms with E-state index >= 15 is 0 Å². The number of nitrogens with zero attached hydrogens (tertiary/aromatic N) is 2. The molecular formula is C16H7Cl2N3O2S. The van der Waals surface area contributed by atoms with Crippen LogP contribution in [0.4, 0.5) is 4.79 Å². The van der Waals surface area contributed by atoms with Crippen molar-refractivity contribution in [1.82, 2.24) is 10.3 Å². The summed E-state index contributed by atoms with van der Waals surface area (Å²) in [7, 11) is 0. The van der Waals surface area contributed by atoms with Crippen LogP contribution in [0.2, 0.25) is 10.0 Å². The van der Waals surface area contributed by atoms with Crippen LogP contribution in [0.3, 0.4) is 0 Å². The third-order valence-electron chi connectivity index (χ3n) is 3.15. The van der Waals surface area contributed by atoms with E-state index in [1.54, 1.807) is 30.3 Å². The van der Waals surface area contributed by atoms with Crippen LogP contribution in [-0.2, 0) is 4.79 Å².